The van der Waals surface area contributed by atoms with E-state index in [0.29, 0.717) is 12.8 Å². The van der Waals surface area contributed by atoms with Gasteiger partial charge in [-0.3, -0.25) is 19.8 Å². The Hall–Kier alpha value is -1.68. The van der Waals surface area contributed by atoms with E-state index in [2.05, 4.69) is 49.2 Å². The smallest absolute Gasteiger partial charge is 0.247 e. The molecule has 1 aromatic rings. The number of nitrogens with one attached hydrogen (secondary N) is 1. The minimum atomic E-state index is -0.443. The van der Waals surface area contributed by atoms with E-state index in [-0.39, 0.29) is 23.1 Å². The van der Waals surface area contributed by atoms with Gasteiger partial charge in [-0.1, -0.05) is 39.0 Å². The number of fused-ring (bicyclic) bond motifs is 3. The molecule has 0 spiro atoms. The highest BCUT2D eigenvalue weighted by Crippen LogP contribution is 2.48. The predicted molar refractivity (Wildman–Crippen MR) is 87.5 cm³/mol. The van der Waals surface area contributed by atoms with Crippen LogP contribution in [-0.2, 0) is 29.1 Å². The second kappa shape index (κ2) is 4.67. The lowest BCUT2D eigenvalue weighted by atomic mass is 9.63. The molecule has 1 N–H and O–H groups in total. The molecule has 4 nitrogen and oxygen atoms in total. The average molecular weight is 312 g/mol. The summed E-state index contributed by atoms with van der Waals surface area (Å²) in [5.41, 5.74) is 3.86. The highest BCUT2D eigenvalue weighted by Gasteiger charge is 2.61. The minimum Gasteiger partial charge on any atom is -0.295 e. The summed E-state index contributed by atoms with van der Waals surface area (Å²) in [7, 11) is 0. The lowest BCUT2D eigenvalue weighted by Gasteiger charge is -2.54. The van der Waals surface area contributed by atoms with Gasteiger partial charge >= 0.3 is 0 Å². The summed E-state index contributed by atoms with van der Waals surface area (Å²) in [4.78, 5) is 26.3. The first kappa shape index (κ1) is 14.9. The molecule has 1 aromatic carbocycles. The molecular formula is C19H24N2O2. The van der Waals surface area contributed by atoms with Crippen LogP contribution in [0.2, 0.25) is 0 Å². The van der Waals surface area contributed by atoms with Crippen molar-refractivity contribution < 1.29 is 9.59 Å². The molecule has 122 valence electrons. The van der Waals surface area contributed by atoms with E-state index in [1.54, 1.807) is 0 Å². The molecule has 2 saturated heterocycles. The van der Waals surface area contributed by atoms with Crippen LogP contribution in [0.1, 0.15) is 50.3 Å². The Morgan fingerprint density at radius 2 is 1.87 bits per heavy atom. The van der Waals surface area contributed by atoms with Crippen LogP contribution >= 0.6 is 0 Å². The van der Waals surface area contributed by atoms with Crippen LogP contribution in [0.15, 0.2) is 18.2 Å². The predicted octanol–water partition coefficient (Wildman–Crippen LogP) is 2.40. The Morgan fingerprint density at radius 1 is 1.17 bits per heavy atom. The van der Waals surface area contributed by atoms with Gasteiger partial charge in [0.05, 0.1) is 0 Å². The van der Waals surface area contributed by atoms with Crippen LogP contribution in [0.5, 0.6) is 0 Å². The number of carbonyl (C=O) groups excluding carboxylic acids is 2. The molecule has 0 aromatic heterocycles. The highest BCUT2D eigenvalue weighted by molar-refractivity contribution is 6.07. The van der Waals surface area contributed by atoms with Gasteiger partial charge in [0.2, 0.25) is 11.8 Å². The van der Waals surface area contributed by atoms with Gasteiger partial charge in [0.1, 0.15) is 5.54 Å². The summed E-state index contributed by atoms with van der Waals surface area (Å²) in [6.45, 7) is 8.40. The Balaban J connectivity index is 1.55. The number of imide groups is 1. The third-order valence-corrected chi connectivity index (χ3v) is 5.53. The molecule has 3 heterocycles. The number of carbonyl (C=O) groups is 2. The quantitative estimate of drug-likeness (QED) is 0.853. The monoisotopic (exact) mass is 312 g/mol. The zero-order valence-corrected chi connectivity index (χ0v) is 14.1. The zero-order chi connectivity index (χ0) is 16.4. The standard InChI is InChI=1S/C19H24N2O2/c1-18(2,3)7-12-4-5-13-10-21(11-14(13)6-12)19-8-15(9-19)16(22)20-17(19)23/h4-6,15H,7-11H2,1-3H3,(H,20,22,23). The van der Waals surface area contributed by atoms with E-state index in [4.69, 9.17) is 0 Å². The number of nitrogens with zero attached hydrogens (tertiary/aromatic N) is 1. The number of hydrogen-bond acceptors (Lipinski definition) is 3. The van der Waals surface area contributed by atoms with Crippen molar-refractivity contribution in [2.75, 3.05) is 0 Å². The van der Waals surface area contributed by atoms with Crippen LogP contribution in [0.4, 0.5) is 0 Å². The fraction of sp³-hybridized carbons (Fsp3) is 0.579. The van der Waals surface area contributed by atoms with Gasteiger partial charge in [0, 0.05) is 19.0 Å². The maximum absolute atomic E-state index is 12.4. The third-order valence-electron chi connectivity index (χ3n) is 5.53. The van der Waals surface area contributed by atoms with Crippen molar-refractivity contribution in [3.63, 3.8) is 0 Å². The van der Waals surface area contributed by atoms with Crippen molar-refractivity contribution >= 4 is 11.8 Å². The second-order valence-corrected chi connectivity index (χ2v) is 8.65. The van der Waals surface area contributed by atoms with Crippen molar-refractivity contribution in [1.29, 1.82) is 0 Å². The van der Waals surface area contributed by atoms with Gasteiger partial charge in [-0.25, -0.2) is 0 Å². The summed E-state index contributed by atoms with van der Waals surface area (Å²) in [5, 5.41) is 2.55. The molecule has 1 saturated carbocycles. The van der Waals surface area contributed by atoms with E-state index in [1.165, 1.54) is 16.7 Å². The molecule has 23 heavy (non-hydrogen) atoms. The normalized spacial score (nSPS) is 30.0. The fourth-order valence-corrected chi connectivity index (χ4v) is 4.33. The largest absolute Gasteiger partial charge is 0.295 e. The Bertz CT molecular complexity index is 696. The molecule has 4 aliphatic rings. The van der Waals surface area contributed by atoms with Crippen LogP contribution < -0.4 is 5.32 Å². The van der Waals surface area contributed by atoms with Crippen LogP contribution in [0.25, 0.3) is 0 Å². The first-order chi connectivity index (χ1) is 10.8. The molecule has 2 bridgehead atoms. The van der Waals surface area contributed by atoms with Crippen molar-refractivity contribution in [1.82, 2.24) is 10.2 Å². The molecule has 4 heteroatoms. The number of benzene rings is 1. The summed E-state index contributed by atoms with van der Waals surface area (Å²) in [5.74, 6) is -0.137. The molecule has 2 amide bonds. The van der Waals surface area contributed by atoms with E-state index in [9.17, 15) is 9.59 Å². The fourth-order valence-electron chi connectivity index (χ4n) is 4.33. The van der Waals surface area contributed by atoms with Gasteiger partial charge in [-0.2, -0.15) is 0 Å². The summed E-state index contributed by atoms with van der Waals surface area (Å²) >= 11 is 0. The Labute approximate surface area is 137 Å². The Kier molecular flexibility index (Phi) is 3.02. The van der Waals surface area contributed by atoms with Crippen molar-refractivity contribution in [2.24, 2.45) is 11.3 Å². The summed E-state index contributed by atoms with van der Waals surface area (Å²) in [6.07, 6.45) is 2.45. The lowest BCUT2D eigenvalue weighted by molar-refractivity contribution is -0.164. The molecule has 3 aliphatic heterocycles. The maximum Gasteiger partial charge on any atom is 0.247 e. The van der Waals surface area contributed by atoms with Gasteiger partial charge in [0.15, 0.2) is 0 Å². The number of hydrogen-bond donors (Lipinski definition) is 1. The van der Waals surface area contributed by atoms with Crippen molar-refractivity contribution in [3.8, 4) is 0 Å². The number of piperidine rings is 2. The number of amides is 2. The first-order valence-corrected chi connectivity index (χ1v) is 8.48. The molecule has 0 unspecified atom stereocenters. The van der Waals surface area contributed by atoms with Gasteiger partial charge < -0.3 is 0 Å². The first-order valence-electron chi connectivity index (χ1n) is 8.48. The zero-order valence-electron chi connectivity index (χ0n) is 14.1. The SMILES string of the molecule is CC(C)(C)Cc1ccc2c(c1)CN(C13CC(C1)C(=O)NC3=O)C2. The van der Waals surface area contributed by atoms with Gasteiger partial charge in [-0.15, -0.1) is 0 Å². The van der Waals surface area contributed by atoms with Gasteiger partial charge in [0.25, 0.3) is 0 Å². The van der Waals surface area contributed by atoms with Crippen molar-refractivity contribution in [3.05, 3.63) is 34.9 Å². The van der Waals surface area contributed by atoms with E-state index in [0.717, 1.165) is 19.5 Å². The van der Waals surface area contributed by atoms with Crippen LogP contribution in [-0.4, -0.2) is 22.3 Å². The van der Waals surface area contributed by atoms with Crippen LogP contribution in [0, 0.1) is 11.3 Å². The second-order valence-electron chi connectivity index (χ2n) is 8.65. The van der Waals surface area contributed by atoms with Gasteiger partial charge in [-0.05, 0) is 41.4 Å². The molecule has 0 atom stereocenters. The van der Waals surface area contributed by atoms with E-state index >= 15 is 0 Å². The van der Waals surface area contributed by atoms with Crippen LogP contribution in [0.3, 0.4) is 0 Å². The average Bonchev–Trinajstić information content (AvgIpc) is 2.77. The van der Waals surface area contributed by atoms with E-state index in [1.807, 2.05) is 0 Å². The molecule has 5 rings (SSSR count). The maximum atomic E-state index is 12.4. The minimum absolute atomic E-state index is 0.0351. The summed E-state index contributed by atoms with van der Waals surface area (Å²) < 4.78 is 0. The molecule has 3 fully saturated rings. The third kappa shape index (κ3) is 2.31. The van der Waals surface area contributed by atoms with E-state index < -0.39 is 5.54 Å². The number of rotatable bonds is 2. The molecular weight excluding hydrogens is 288 g/mol. The molecule has 1 aliphatic carbocycles. The lowest BCUT2D eigenvalue weighted by Crippen LogP contribution is -2.72. The summed E-state index contributed by atoms with van der Waals surface area (Å²) in [6, 6.07) is 6.74. The molecule has 0 radical (unpaired) electrons. The Morgan fingerprint density at radius 3 is 2.52 bits per heavy atom. The topological polar surface area (TPSA) is 49.4 Å². The van der Waals surface area contributed by atoms with Crippen molar-refractivity contribution in [2.45, 2.75) is 58.7 Å². The highest BCUT2D eigenvalue weighted by atomic mass is 16.2.